The fraction of sp³-hybridized carbons (Fsp3) is 0.375. The second-order valence-electron chi connectivity index (χ2n) is 8.50. The van der Waals surface area contributed by atoms with E-state index in [1.54, 1.807) is 0 Å². The normalized spacial score (nSPS) is 16.4. The maximum absolute atomic E-state index is 14.2. The Kier molecular flexibility index (Phi) is 6.87. The second kappa shape index (κ2) is 9.84. The van der Waals surface area contributed by atoms with Crippen molar-refractivity contribution in [2.45, 2.75) is 38.3 Å². The van der Waals surface area contributed by atoms with Crippen molar-refractivity contribution in [2.24, 2.45) is 5.92 Å². The number of carbonyl (C=O) groups excluding carboxylic acids is 1. The maximum Gasteiger partial charge on any atom is 0.329 e. The molecular weight excluding hydrogens is 451 g/mol. The predicted octanol–water partition coefficient (Wildman–Crippen LogP) is 3.34. The van der Waals surface area contributed by atoms with E-state index in [0.29, 0.717) is 32.1 Å². The molecular formula is C24H24F3N3O4. The van der Waals surface area contributed by atoms with Crippen molar-refractivity contribution in [1.29, 1.82) is 0 Å². The molecule has 1 saturated heterocycles. The molecule has 2 N–H and O–H groups in total. The highest BCUT2D eigenvalue weighted by Gasteiger charge is 2.30. The number of hydrogen-bond donors (Lipinski definition) is 2. The van der Waals surface area contributed by atoms with Gasteiger partial charge >= 0.3 is 5.69 Å². The summed E-state index contributed by atoms with van der Waals surface area (Å²) in [4.78, 5) is 42.0. The fourth-order valence-electron chi connectivity index (χ4n) is 4.35. The minimum atomic E-state index is -1.22. The molecule has 1 aliphatic rings. The maximum atomic E-state index is 14.2. The van der Waals surface area contributed by atoms with E-state index in [1.165, 1.54) is 19.1 Å². The highest BCUT2D eigenvalue weighted by molar-refractivity contribution is 5.82. The van der Waals surface area contributed by atoms with Gasteiger partial charge in [0.2, 0.25) is 5.91 Å². The van der Waals surface area contributed by atoms with Crippen LogP contribution in [0.4, 0.5) is 13.2 Å². The molecule has 2 aromatic carbocycles. The van der Waals surface area contributed by atoms with Crippen molar-refractivity contribution in [3.8, 4) is 0 Å². The number of ether oxygens (including phenoxy) is 1. The first kappa shape index (κ1) is 23.7. The zero-order valence-corrected chi connectivity index (χ0v) is 18.4. The largest absolute Gasteiger partial charge is 0.381 e. The van der Waals surface area contributed by atoms with Gasteiger partial charge in [0.1, 0.15) is 23.5 Å². The second-order valence-corrected chi connectivity index (χ2v) is 8.50. The molecule has 3 aromatic rings. The van der Waals surface area contributed by atoms with Crippen molar-refractivity contribution in [2.75, 3.05) is 13.2 Å². The summed E-state index contributed by atoms with van der Waals surface area (Å²) in [6.45, 7) is 2.50. The number of benzene rings is 2. The Morgan fingerprint density at radius 1 is 1.12 bits per heavy atom. The van der Waals surface area contributed by atoms with Gasteiger partial charge in [-0.05, 0) is 56.4 Å². The lowest BCUT2D eigenvalue weighted by molar-refractivity contribution is -0.126. The highest BCUT2D eigenvalue weighted by Crippen LogP contribution is 2.26. The molecule has 4 rings (SSSR count). The van der Waals surface area contributed by atoms with Crippen LogP contribution >= 0.6 is 0 Å². The van der Waals surface area contributed by atoms with E-state index in [1.807, 2.05) is 0 Å². The summed E-state index contributed by atoms with van der Waals surface area (Å²) in [6.07, 6.45) is 1.44. The Bertz CT molecular complexity index is 1330. The van der Waals surface area contributed by atoms with Crippen molar-refractivity contribution < 1.29 is 22.7 Å². The third-order valence-corrected chi connectivity index (χ3v) is 6.19. The summed E-state index contributed by atoms with van der Waals surface area (Å²) in [5, 5.41) is 2.57. The van der Waals surface area contributed by atoms with Crippen LogP contribution in [0.25, 0.3) is 10.9 Å². The fourth-order valence-corrected chi connectivity index (χ4v) is 4.35. The van der Waals surface area contributed by atoms with Crippen LogP contribution in [0.15, 0.2) is 46.0 Å². The van der Waals surface area contributed by atoms with Crippen LogP contribution in [0.5, 0.6) is 0 Å². The molecule has 0 bridgehead atoms. The number of H-pyrrole nitrogens is 1. The zero-order valence-electron chi connectivity index (χ0n) is 18.4. The third kappa shape index (κ3) is 4.91. The number of aromatic amines is 1. The van der Waals surface area contributed by atoms with Gasteiger partial charge in [-0.25, -0.2) is 22.5 Å². The number of hydrogen-bond acceptors (Lipinski definition) is 4. The van der Waals surface area contributed by atoms with Gasteiger partial charge in [0.15, 0.2) is 0 Å². The van der Waals surface area contributed by atoms with Gasteiger partial charge in [-0.1, -0.05) is 6.07 Å². The molecule has 180 valence electrons. The Morgan fingerprint density at radius 3 is 2.50 bits per heavy atom. The smallest absolute Gasteiger partial charge is 0.329 e. The first-order valence-electron chi connectivity index (χ1n) is 11.0. The molecule has 0 saturated carbocycles. The molecule has 0 aliphatic carbocycles. The van der Waals surface area contributed by atoms with E-state index in [0.717, 1.165) is 22.8 Å². The highest BCUT2D eigenvalue weighted by atomic mass is 19.1. The first-order valence-corrected chi connectivity index (χ1v) is 11.0. The number of aromatic nitrogens is 2. The predicted molar refractivity (Wildman–Crippen MR) is 119 cm³/mol. The van der Waals surface area contributed by atoms with E-state index < -0.39 is 46.7 Å². The van der Waals surface area contributed by atoms with E-state index in [-0.39, 0.29) is 28.8 Å². The number of halogens is 3. The Labute approximate surface area is 192 Å². The van der Waals surface area contributed by atoms with Crippen LogP contribution in [-0.4, -0.2) is 28.7 Å². The summed E-state index contributed by atoms with van der Waals surface area (Å²) in [5.74, 6) is -2.92. The summed E-state index contributed by atoms with van der Waals surface area (Å²) in [7, 11) is 0. The standard InChI is InChI=1S/C24H24F3N3O4/c1-13(17-4-2-16(26)12-19(17)27)28-22(31)21(10-14-6-8-34-9-7-14)30-23(32)18-11-15(25)3-5-20(18)29-24(30)33/h2-5,11-14,21H,6-10H2,1H3,(H,28,31)(H,29,33)/t13-,21-/m1/s1. The van der Waals surface area contributed by atoms with Gasteiger partial charge in [0, 0.05) is 24.8 Å². The lowest BCUT2D eigenvalue weighted by Crippen LogP contribution is -2.46. The summed E-state index contributed by atoms with van der Waals surface area (Å²) < 4.78 is 47.5. The molecule has 1 aliphatic heterocycles. The summed E-state index contributed by atoms with van der Waals surface area (Å²) in [5.41, 5.74) is -1.40. The minimum absolute atomic E-state index is 0.00290. The van der Waals surface area contributed by atoms with Crippen LogP contribution < -0.4 is 16.6 Å². The summed E-state index contributed by atoms with van der Waals surface area (Å²) in [6, 6.07) is 4.33. The van der Waals surface area contributed by atoms with Gasteiger partial charge in [-0.2, -0.15) is 0 Å². The molecule has 0 radical (unpaired) electrons. The van der Waals surface area contributed by atoms with Crippen LogP contribution in [0.1, 0.15) is 43.8 Å². The molecule has 0 unspecified atom stereocenters. The lowest BCUT2D eigenvalue weighted by atomic mass is 9.91. The molecule has 2 atom stereocenters. The van der Waals surface area contributed by atoms with Crippen molar-refractivity contribution in [3.05, 3.63) is 80.3 Å². The van der Waals surface area contributed by atoms with Gasteiger partial charge < -0.3 is 15.0 Å². The molecule has 1 amide bonds. The SMILES string of the molecule is C[C@@H](NC(=O)[C@@H](CC1CCOCC1)n1c(=O)[nH]c2ccc(F)cc2c1=O)c1ccc(F)cc1F. The number of carbonyl (C=O) groups is 1. The van der Waals surface area contributed by atoms with Crippen molar-refractivity contribution in [1.82, 2.24) is 14.9 Å². The van der Waals surface area contributed by atoms with E-state index in [2.05, 4.69) is 10.3 Å². The average molecular weight is 475 g/mol. The quantitative estimate of drug-likeness (QED) is 0.572. The average Bonchev–Trinajstić information content (AvgIpc) is 2.79. The number of fused-ring (bicyclic) bond motifs is 1. The number of rotatable bonds is 6. The van der Waals surface area contributed by atoms with Crippen LogP contribution in [-0.2, 0) is 9.53 Å². The van der Waals surface area contributed by atoms with Crippen LogP contribution in [0.2, 0.25) is 0 Å². The molecule has 2 heterocycles. The van der Waals surface area contributed by atoms with Gasteiger partial charge in [-0.3, -0.25) is 9.59 Å². The van der Waals surface area contributed by atoms with Gasteiger partial charge in [0.25, 0.3) is 5.56 Å². The minimum Gasteiger partial charge on any atom is -0.381 e. The van der Waals surface area contributed by atoms with Crippen molar-refractivity contribution >= 4 is 16.8 Å². The molecule has 1 aromatic heterocycles. The Balaban J connectivity index is 1.73. The molecule has 7 nitrogen and oxygen atoms in total. The molecule has 34 heavy (non-hydrogen) atoms. The Morgan fingerprint density at radius 2 is 1.79 bits per heavy atom. The number of amides is 1. The monoisotopic (exact) mass is 475 g/mol. The van der Waals surface area contributed by atoms with E-state index >= 15 is 0 Å². The topological polar surface area (TPSA) is 93.2 Å². The number of nitrogens with zero attached hydrogens (tertiary/aromatic N) is 1. The molecule has 10 heteroatoms. The van der Waals surface area contributed by atoms with Crippen LogP contribution in [0.3, 0.4) is 0 Å². The summed E-state index contributed by atoms with van der Waals surface area (Å²) >= 11 is 0. The third-order valence-electron chi connectivity index (χ3n) is 6.19. The van der Waals surface area contributed by atoms with E-state index in [4.69, 9.17) is 4.74 Å². The van der Waals surface area contributed by atoms with Gasteiger partial charge in [-0.15, -0.1) is 0 Å². The first-order chi connectivity index (χ1) is 16.2. The van der Waals surface area contributed by atoms with Gasteiger partial charge in [0.05, 0.1) is 16.9 Å². The molecule has 1 fully saturated rings. The van der Waals surface area contributed by atoms with Crippen LogP contribution in [0, 0.1) is 23.4 Å². The zero-order chi connectivity index (χ0) is 24.4. The van der Waals surface area contributed by atoms with E-state index in [9.17, 15) is 27.6 Å². The van der Waals surface area contributed by atoms with Crippen molar-refractivity contribution in [3.63, 3.8) is 0 Å². The number of nitrogens with one attached hydrogen (secondary N) is 2. The molecule has 0 spiro atoms. The Hall–Kier alpha value is -3.40. The lowest BCUT2D eigenvalue weighted by Gasteiger charge is -2.28.